The molecular formula is C21H23NO6S. The summed E-state index contributed by atoms with van der Waals surface area (Å²) in [5.41, 5.74) is 1.89. The van der Waals surface area contributed by atoms with Gasteiger partial charge in [0.05, 0.1) is 12.0 Å². The monoisotopic (exact) mass is 417 g/mol. The summed E-state index contributed by atoms with van der Waals surface area (Å²) in [5, 5.41) is 9.71. The second-order valence-corrected chi connectivity index (χ2v) is 7.32. The van der Waals surface area contributed by atoms with Gasteiger partial charge in [0, 0.05) is 13.5 Å². The standard InChI is InChI=1S/C21H23NO6S/c1-25-13-28-18(15-4-3-5-17(11-15)26-2)12-27-16-8-6-14(7-9-16)10-19-20(23)22-21(24)29-19/h3-9,11,18,23H,10,12-13H2,1-2H3,(H,22,24). The summed E-state index contributed by atoms with van der Waals surface area (Å²) < 4.78 is 22.0. The van der Waals surface area contributed by atoms with Crippen molar-refractivity contribution in [3.05, 3.63) is 74.2 Å². The molecule has 2 aromatic carbocycles. The Morgan fingerprint density at radius 2 is 1.90 bits per heavy atom. The molecule has 0 saturated heterocycles. The summed E-state index contributed by atoms with van der Waals surface area (Å²) >= 11 is 1.00. The van der Waals surface area contributed by atoms with E-state index < -0.39 is 0 Å². The van der Waals surface area contributed by atoms with Gasteiger partial charge in [-0.25, -0.2) is 0 Å². The maximum atomic E-state index is 11.3. The number of hydrogen-bond donors (Lipinski definition) is 2. The Bertz CT molecular complexity index is 966. The number of benzene rings is 2. The van der Waals surface area contributed by atoms with Crippen LogP contribution in [0, 0.1) is 0 Å². The van der Waals surface area contributed by atoms with Gasteiger partial charge < -0.3 is 24.1 Å². The van der Waals surface area contributed by atoms with Crippen molar-refractivity contribution in [3.63, 3.8) is 0 Å². The smallest absolute Gasteiger partial charge is 0.307 e. The van der Waals surface area contributed by atoms with Gasteiger partial charge in [-0.2, -0.15) is 0 Å². The number of hydrogen-bond acceptors (Lipinski definition) is 7. The van der Waals surface area contributed by atoms with Crippen LogP contribution in [0.2, 0.25) is 0 Å². The van der Waals surface area contributed by atoms with Gasteiger partial charge in [-0.3, -0.25) is 9.78 Å². The first-order chi connectivity index (χ1) is 14.1. The van der Waals surface area contributed by atoms with E-state index in [0.717, 1.165) is 28.2 Å². The number of nitrogens with one attached hydrogen (secondary N) is 1. The fraction of sp³-hybridized carbons (Fsp3) is 0.286. The van der Waals surface area contributed by atoms with E-state index in [4.69, 9.17) is 18.9 Å². The van der Waals surface area contributed by atoms with Crippen molar-refractivity contribution in [1.82, 2.24) is 4.98 Å². The highest BCUT2D eigenvalue weighted by Gasteiger charge is 2.15. The lowest BCUT2D eigenvalue weighted by Crippen LogP contribution is -2.15. The van der Waals surface area contributed by atoms with E-state index in [1.54, 1.807) is 14.2 Å². The molecule has 2 N–H and O–H groups in total. The molecule has 0 aliphatic rings. The summed E-state index contributed by atoms with van der Waals surface area (Å²) in [6, 6.07) is 15.1. The number of aromatic nitrogens is 1. The summed E-state index contributed by atoms with van der Waals surface area (Å²) in [5.74, 6) is 1.36. The zero-order valence-electron chi connectivity index (χ0n) is 16.2. The third-order valence-corrected chi connectivity index (χ3v) is 5.11. The molecule has 3 rings (SSSR count). The molecule has 0 amide bonds. The normalized spacial score (nSPS) is 11.9. The van der Waals surface area contributed by atoms with Crippen LogP contribution in [0.5, 0.6) is 17.4 Å². The molecule has 29 heavy (non-hydrogen) atoms. The van der Waals surface area contributed by atoms with Crippen molar-refractivity contribution in [3.8, 4) is 17.4 Å². The molecule has 0 aliphatic carbocycles. The highest BCUT2D eigenvalue weighted by atomic mass is 32.1. The number of H-pyrrole nitrogens is 1. The molecule has 1 atom stereocenters. The minimum absolute atomic E-state index is 0.0725. The zero-order valence-corrected chi connectivity index (χ0v) is 17.0. The summed E-state index contributed by atoms with van der Waals surface area (Å²) in [6.45, 7) is 0.448. The largest absolute Gasteiger partial charge is 0.497 e. The molecule has 7 nitrogen and oxygen atoms in total. The summed E-state index contributed by atoms with van der Waals surface area (Å²) in [6.07, 6.45) is 0.151. The van der Waals surface area contributed by atoms with E-state index in [-0.39, 0.29) is 23.6 Å². The Labute approximate surface area is 172 Å². The van der Waals surface area contributed by atoms with Crippen LogP contribution in [0.15, 0.2) is 53.3 Å². The first kappa shape index (κ1) is 20.9. The minimum Gasteiger partial charge on any atom is -0.497 e. The van der Waals surface area contributed by atoms with Gasteiger partial charge in [0.15, 0.2) is 0 Å². The molecule has 8 heteroatoms. The van der Waals surface area contributed by atoms with Gasteiger partial charge in [0.25, 0.3) is 0 Å². The predicted octanol–water partition coefficient (Wildman–Crippen LogP) is 3.48. The highest BCUT2D eigenvalue weighted by molar-refractivity contribution is 7.09. The molecule has 0 saturated carbocycles. The number of methoxy groups -OCH3 is 2. The number of ether oxygens (including phenoxy) is 4. The van der Waals surface area contributed by atoms with Gasteiger partial charge in [0.2, 0.25) is 5.88 Å². The zero-order chi connectivity index (χ0) is 20.6. The van der Waals surface area contributed by atoms with Crippen LogP contribution in [0.4, 0.5) is 0 Å². The van der Waals surface area contributed by atoms with Gasteiger partial charge in [0.1, 0.15) is 31.0 Å². The van der Waals surface area contributed by atoms with Crippen LogP contribution in [-0.4, -0.2) is 37.7 Å². The van der Waals surface area contributed by atoms with Crippen molar-refractivity contribution in [2.75, 3.05) is 27.6 Å². The van der Waals surface area contributed by atoms with Gasteiger partial charge >= 0.3 is 4.87 Å². The highest BCUT2D eigenvalue weighted by Crippen LogP contribution is 2.25. The molecule has 154 valence electrons. The molecule has 3 aromatic rings. The number of aromatic amines is 1. The van der Waals surface area contributed by atoms with Crippen LogP contribution in [0.3, 0.4) is 0 Å². The van der Waals surface area contributed by atoms with E-state index in [0.29, 0.717) is 23.7 Å². The Morgan fingerprint density at radius 1 is 1.10 bits per heavy atom. The third-order valence-electron chi connectivity index (χ3n) is 4.24. The SMILES string of the molecule is COCOC(COc1ccc(Cc2sc(=O)[nH]c2O)cc1)c1cccc(OC)c1. The van der Waals surface area contributed by atoms with Crippen LogP contribution >= 0.6 is 11.3 Å². The van der Waals surface area contributed by atoms with Crippen LogP contribution in [0.25, 0.3) is 0 Å². The average Bonchev–Trinajstić information content (AvgIpc) is 3.06. The Hall–Kier alpha value is -2.81. The topological polar surface area (TPSA) is 90.0 Å². The van der Waals surface area contributed by atoms with Crippen molar-refractivity contribution >= 4 is 11.3 Å². The Morgan fingerprint density at radius 3 is 2.55 bits per heavy atom. The van der Waals surface area contributed by atoms with Gasteiger partial charge in [-0.15, -0.1) is 0 Å². The fourth-order valence-electron chi connectivity index (χ4n) is 2.77. The average molecular weight is 417 g/mol. The Balaban J connectivity index is 1.64. The van der Waals surface area contributed by atoms with Crippen molar-refractivity contribution in [2.45, 2.75) is 12.5 Å². The molecule has 1 aromatic heterocycles. The maximum absolute atomic E-state index is 11.3. The van der Waals surface area contributed by atoms with E-state index in [1.807, 2.05) is 48.5 Å². The molecule has 0 spiro atoms. The van der Waals surface area contributed by atoms with Gasteiger partial charge in [-0.05, 0) is 35.4 Å². The van der Waals surface area contributed by atoms with Crippen molar-refractivity contribution < 1.29 is 24.1 Å². The molecule has 1 unspecified atom stereocenters. The Kier molecular flexibility index (Phi) is 7.29. The lowest BCUT2D eigenvalue weighted by Gasteiger charge is -2.19. The molecule has 1 heterocycles. The molecule has 0 aliphatic heterocycles. The first-order valence-electron chi connectivity index (χ1n) is 8.96. The van der Waals surface area contributed by atoms with E-state index >= 15 is 0 Å². The van der Waals surface area contributed by atoms with E-state index in [2.05, 4.69) is 4.98 Å². The number of rotatable bonds is 10. The second-order valence-electron chi connectivity index (χ2n) is 6.26. The minimum atomic E-state index is -0.321. The lowest BCUT2D eigenvalue weighted by atomic mass is 10.1. The molecule has 0 fully saturated rings. The first-order valence-corrected chi connectivity index (χ1v) is 9.78. The second kappa shape index (κ2) is 10.1. The molecule has 0 bridgehead atoms. The van der Waals surface area contributed by atoms with E-state index in [1.165, 1.54) is 0 Å². The van der Waals surface area contributed by atoms with E-state index in [9.17, 15) is 9.90 Å². The molecule has 0 radical (unpaired) electrons. The number of thiazole rings is 1. The third kappa shape index (κ3) is 5.83. The van der Waals surface area contributed by atoms with Crippen LogP contribution in [0.1, 0.15) is 22.1 Å². The maximum Gasteiger partial charge on any atom is 0.307 e. The summed E-state index contributed by atoms with van der Waals surface area (Å²) in [7, 11) is 3.19. The fourth-order valence-corrected chi connectivity index (χ4v) is 3.52. The van der Waals surface area contributed by atoms with Crippen molar-refractivity contribution in [1.29, 1.82) is 0 Å². The van der Waals surface area contributed by atoms with Gasteiger partial charge in [-0.1, -0.05) is 35.6 Å². The number of aromatic hydroxyl groups is 1. The lowest BCUT2D eigenvalue weighted by molar-refractivity contribution is -0.0857. The summed E-state index contributed by atoms with van der Waals surface area (Å²) in [4.78, 5) is 14.0. The van der Waals surface area contributed by atoms with Crippen LogP contribution < -0.4 is 14.3 Å². The predicted molar refractivity (Wildman–Crippen MR) is 110 cm³/mol. The molecular weight excluding hydrogens is 394 g/mol. The van der Waals surface area contributed by atoms with Crippen molar-refractivity contribution in [2.24, 2.45) is 0 Å². The van der Waals surface area contributed by atoms with Crippen LogP contribution in [-0.2, 0) is 15.9 Å². The quantitative estimate of drug-likeness (QED) is 0.491.